The minimum absolute atomic E-state index is 0. The summed E-state index contributed by atoms with van der Waals surface area (Å²) in [5, 5.41) is 12.0. The summed E-state index contributed by atoms with van der Waals surface area (Å²) in [5.74, 6) is 0. The molecule has 0 aromatic heterocycles. The molecule has 0 spiro atoms. The second kappa shape index (κ2) is 30.4. The molecule has 0 amide bonds. The Bertz CT molecular complexity index is 4.85. The van der Waals surface area contributed by atoms with Crippen LogP contribution in [-0.4, -0.2) is 16.0 Å². The van der Waals surface area contributed by atoms with Crippen molar-refractivity contribution in [1.82, 2.24) is 0 Å². The molecule has 0 bridgehead atoms. The van der Waals surface area contributed by atoms with E-state index in [-0.39, 0.29) is 89.0 Å². The third-order valence-corrected chi connectivity index (χ3v) is 0. The third kappa shape index (κ3) is 20.5. The first-order valence-corrected chi connectivity index (χ1v) is 0.200. The van der Waals surface area contributed by atoms with Crippen LogP contribution >= 0.6 is 0 Å². The minimum Gasteiger partial charge on any atom is -0.412 e. The van der Waals surface area contributed by atoms with Crippen LogP contribution in [-0.2, 0) is 0 Å². The summed E-state index contributed by atoms with van der Waals surface area (Å²) in [6.07, 6.45) is 0. The van der Waals surface area contributed by atoms with Crippen molar-refractivity contribution >= 4 is 0 Å². The summed E-state index contributed by atoms with van der Waals surface area (Å²) < 4.78 is 0. The second-order valence-corrected chi connectivity index (χ2v) is 0. The first kappa shape index (κ1) is 25.4. The molecule has 0 radical (unpaired) electrons. The van der Waals surface area contributed by atoms with Gasteiger partial charge in [-0.25, -0.2) is 0 Å². The Morgan fingerprint density at radius 2 is 0.800 bits per heavy atom. The van der Waals surface area contributed by atoms with Crippen molar-refractivity contribution in [2.24, 2.45) is 0 Å². The van der Waals surface area contributed by atoms with E-state index in [9.17, 15) is 0 Å². The summed E-state index contributed by atoms with van der Waals surface area (Å²) in [5.41, 5.74) is 0. The molecule has 0 saturated heterocycles. The van der Waals surface area contributed by atoms with Gasteiger partial charge in [0.15, 0.2) is 0 Å². The molecule has 5 heavy (non-hydrogen) atoms. The van der Waals surface area contributed by atoms with Crippen LogP contribution in [0.3, 0.4) is 0 Å². The van der Waals surface area contributed by atoms with Crippen LogP contribution in [0.4, 0.5) is 0 Å². The van der Waals surface area contributed by atoms with Gasteiger partial charge in [0, 0.05) is 83.5 Å². The molecular weight excluding hydrogens is 328 g/mol. The van der Waals surface area contributed by atoms with E-state index < -0.39 is 0 Å². The van der Waals surface area contributed by atoms with Crippen molar-refractivity contribution in [2.45, 2.75) is 0 Å². The fraction of sp³-hybridized carbons (Fsp3) is 0. The molecule has 0 aromatic rings. The van der Waals surface area contributed by atoms with Gasteiger partial charge in [0.25, 0.3) is 0 Å². The molecule has 5 heteroatoms. The van der Waals surface area contributed by atoms with Gasteiger partial charge in [-0.05, 0) is 0 Å². The topological polar surface area (TPSA) is 72.0 Å². The quantitative estimate of drug-likeness (QED) is 0.450. The molecule has 0 aliphatic rings. The van der Waals surface area contributed by atoms with Crippen LogP contribution in [0.5, 0.6) is 0 Å². The number of rotatable bonds is 0. The molecule has 0 aliphatic carbocycles. The average Bonchev–Trinajstić information content (AvgIpc) is 1.00. The van der Waals surface area contributed by atoms with Gasteiger partial charge in [-0.15, -0.1) is 0 Å². The van der Waals surface area contributed by atoms with Crippen molar-refractivity contribution in [3.8, 4) is 0 Å². The van der Waals surface area contributed by atoms with Crippen molar-refractivity contribution in [1.29, 1.82) is 0 Å². The zero-order valence-electron chi connectivity index (χ0n) is 2.39. The van der Waals surface area contributed by atoms with E-state index in [2.05, 4.69) is 0 Å². The van der Waals surface area contributed by atoms with Gasteiger partial charge in [-0.3, -0.25) is 10.5 Å². The van der Waals surface area contributed by atoms with Crippen LogP contribution in [0.15, 0.2) is 0 Å². The maximum absolute atomic E-state index is 6.00. The second-order valence-electron chi connectivity index (χ2n) is 0. The first-order valence-electron chi connectivity index (χ1n) is 0.200. The summed E-state index contributed by atoms with van der Waals surface area (Å²) >= 11 is 0. The van der Waals surface area contributed by atoms with E-state index in [0.29, 0.717) is 0 Å². The van der Waals surface area contributed by atoms with Crippen LogP contribution in [0, 0.1) is 83.5 Å². The smallest absolute Gasteiger partial charge is 0 e. The Morgan fingerprint density at radius 3 is 0.800 bits per heavy atom. The molecule has 0 saturated carbocycles. The Morgan fingerprint density at radius 1 is 0.800 bits per heavy atom. The molecule has 0 unspecified atom stereocenters. The third-order valence-electron chi connectivity index (χ3n) is 0. The molecule has 0 heterocycles. The predicted octanol–water partition coefficient (Wildman–Crippen LogP) is -0.807. The summed E-state index contributed by atoms with van der Waals surface area (Å²) in [6.45, 7) is 0. The average molecular weight is 332 g/mol. The summed E-state index contributed by atoms with van der Waals surface area (Å²) in [7, 11) is 0. The zero-order chi connectivity index (χ0) is 2.00. The molecule has 3 nitrogen and oxygen atoms in total. The van der Waals surface area contributed by atoms with Crippen molar-refractivity contribution in [2.75, 3.05) is 0 Å². The molecule has 0 aromatic carbocycles. The van der Waals surface area contributed by atoms with E-state index in [4.69, 9.17) is 10.5 Å². The number of hydrogen-bond donors (Lipinski definition) is 2. The van der Waals surface area contributed by atoms with Crippen LogP contribution < -0.4 is 0 Å². The monoisotopic (exact) mass is 332 g/mol. The summed E-state index contributed by atoms with van der Waals surface area (Å²) in [6, 6.07) is 0. The van der Waals surface area contributed by atoms with Crippen molar-refractivity contribution in [3.63, 3.8) is 0 Å². The number of hydrogen-bond acceptors (Lipinski definition) is 2. The fourth-order valence-corrected chi connectivity index (χ4v) is 0. The summed E-state index contributed by atoms with van der Waals surface area (Å²) in [4.78, 5) is 0. The maximum atomic E-state index is 6.00. The molecule has 0 atom stereocenters. The Labute approximate surface area is 97.1 Å². The van der Waals surface area contributed by atoms with E-state index in [0.717, 1.165) is 0 Å². The Hall–Kier alpha value is 2.63. The van der Waals surface area contributed by atoms with E-state index in [1.807, 2.05) is 0 Å². The molecular formula is H4Ce2O3. The molecule has 30 valence electrons. The molecule has 0 fully saturated rings. The van der Waals surface area contributed by atoms with Gasteiger partial charge in [-0.2, -0.15) is 0 Å². The van der Waals surface area contributed by atoms with E-state index in [1.54, 1.807) is 0 Å². The largest absolute Gasteiger partial charge is 0.412 e. The van der Waals surface area contributed by atoms with E-state index in [1.165, 1.54) is 0 Å². The first-order chi connectivity index (χ1) is 1.00. The zero-order valence-corrected chi connectivity index (χ0v) is 8.67. The van der Waals surface area contributed by atoms with Crippen LogP contribution in [0.1, 0.15) is 0 Å². The molecule has 4 N–H and O–H groups in total. The predicted molar refractivity (Wildman–Crippen MR) is 8.87 cm³/mol. The maximum Gasteiger partial charge on any atom is 0 e. The van der Waals surface area contributed by atoms with Gasteiger partial charge in [0.05, 0.1) is 0 Å². The minimum atomic E-state index is 0. The standard InChI is InChI=1S/2Ce.H2O2.H2O/c;;1-2;/h;;1-2H;1H2. The van der Waals surface area contributed by atoms with Crippen LogP contribution in [0.2, 0.25) is 0 Å². The van der Waals surface area contributed by atoms with Crippen molar-refractivity contribution in [3.05, 3.63) is 0 Å². The fourth-order valence-electron chi connectivity index (χ4n) is 0. The van der Waals surface area contributed by atoms with Gasteiger partial charge in [0.1, 0.15) is 0 Å². The Kier molecular flexibility index (Phi) is 154. The van der Waals surface area contributed by atoms with Crippen LogP contribution in [0.25, 0.3) is 0 Å². The van der Waals surface area contributed by atoms with Gasteiger partial charge in [-0.1, -0.05) is 0 Å². The SMILES string of the molecule is O.OO.[Ce].[Ce]. The Balaban J connectivity index is -0.00000000167. The van der Waals surface area contributed by atoms with Crippen molar-refractivity contribution < 1.29 is 99.5 Å². The van der Waals surface area contributed by atoms with E-state index >= 15 is 0 Å². The molecule has 0 rings (SSSR count). The van der Waals surface area contributed by atoms with Gasteiger partial charge in [0.2, 0.25) is 0 Å². The molecule has 0 aliphatic heterocycles. The van der Waals surface area contributed by atoms with Gasteiger partial charge < -0.3 is 5.48 Å². The normalized spacial score (nSPS) is 1.20. The van der Waals surface area contributed by atoms with Gasteiger partial charge >= 0.3 is 0 Å².